The summed E-state index contributed by atoms with van der Waals surface area (Å²) in [4.78, 5) is 1.26. The molecule has 108 valence electrons. The zero-order valence-corrected chi connectivity index (χ0v) is 13.8. The molecule has 0 aliphatic heterocycles. The Balaban J connectivity index is 2.69. The van der Waals surface area contributed by atoms with Gasteiger partial charge in [-0.25, -0.2) is 0 Å². The van der Waals surface area contributed by atoms with Crippen LogP contribution >= 0.6 is 11.8 Å². The summed E-state index contributed by atoms with van der Waals surface area (Å²) in [7, 11) is 0. The van der Waals surface area contributed by atoms with E-state index in [4.69, 9.17) is 0 Å². The standard InChI is InChI=1S/C16H27NOS/c1-11-9-14(10-17-16(4,5)6)7-8-15(11)19-13(3)12(2)18/h7-9,12-13,17-18H,10H2,1-6H3. The molecule has 0 saturated heterocycles. The molecule has 2 N–H and O–H groups in total. The van der Waals surface area contributed by atoms with E-state index >= 15 is 0 Å². The SMILES string of the molecule is Cc1cc(CNC(C)(C)C)ccc1SC(C)C(C)O. The Labute approximate surface area is 122 Å². The maximum atomic E-state index is 9.57. The molecule has 0 radical (unpaired) electrons. The number of aryl methyl sites for hydroxylation is 1. The van der Waals surface area contributed by atoms with E-state index in [0.29, 0.717) is 0 Å². The molecular weight excluding hydrogens is 254 g/mol. The highest BCUT2D eigenvalue weighted by Crippen LogP contribution is 2.28. The summed E-state index contributed by atoms with van der Waals surface area (Å²) < 4.78 is 0. The Morgan fingerprint density at radius 1 is 1.26 bits per heavy atom. The summed E-state index contributed by atoms with van der Waals surface area (Å²) in [6.07, 6.45) is -0.286. The van der Waals surface area contributed by atoms with Gasteiger partial charge in [-0.3, -0.25) is 0 Å². The molecule has 0 saturated carbocycles. The topological polar surface area (TPSA) is 32.3 Å². The fourth-order valence-corrected chi connectivity index (χ4v) is 2.61. The van der Waals surface area contributed by atoms with Crippen molar-refractivity contribution in [3.8, 4) is 0 Å². The number of aliphatic hydroxyl groups excluding tert-OH is 1. The second kappa shape index (κ2) is 6.78. The normalized spacial score (nSPS) is 15.3. The number of hydrogen-bond donors (Lipinski definition) is 2. The van der Waals surface area contributed by atoms with E-state index in [9.17, 15) is 5.11 Å². The molecule has 0 heterocycles. The van der Waals surface area contributed by atoms with E-state index in [2.05, 4.69) is 58.1 Å². The predicted molar refractivity (Wildman–Crippen MR) is 84.8 cm³/mol. The smallest absolute Gasteiger partial charge is 0.0631 e. The summed E-state index contributed by atoms with van der Waals surface area (Å²) in [5.74, 6) is 0. The van der Waals surface area contributed by atoms with Gasteiger partial charge in [0.25, 0.3) is 0 Å². The first-order valence-corrected chi connectivity index (χ1v) is 7.76. The molecule has 0 bridgehead atoms. The Bertz CT molecular complexity index is 410. The van der Waals surface area contributed by atoms with Crippen LogP contribution in [0.4, 0.5) is 0 Å². The van der Waals surface area contributed by atoms with E-state index in [-0.39, 0.29) is 16.9 Å². The highest BCUT2D eigenvalue weighted by molar-refractivity contribution is 8.00. The minimum absolute atomic E-state index is 0.141. The fraction of sp³-hybridized carbons (Fsp3) is 0.625. The van der Waals surface area contributed by atoms with Crippen LogP contribution in [-0.2, 0) is 6.54 Å². The third-order valence-corrected chi connectivity index (χ3v) is 4.53. The first-order chi connectivity index (χ1) is 8.69. The third kappa shape index (κ3) is 5.98. The number of nitrogens with one attached hydrogen (secondary N) is 1. The van der Waals surface area contributed by atoms with Crippen molar-refractivity contribution in [2.75, 3.05) is 0 Å². The number of hydrogen-bond acceptors (Lipinski definition) is 3. The molecule has 0 spiro atoms. The van der Waals surface area contributed by atoms with Crippen LogP contribution < -0.4 is 5.32 Å². The van der Waals surface area contributed by atoms with Crippen LogP contribution in [0, 0.1) is 6.92 Å². The Hall–Kier alpha value is -0.510. The van der Waals surface area contributed by atoms with Crippen molar-refractivity contribution in [3.63, 3.8) is 0 Å². The Kier molecular flexibility index (Phi) is 5.90. The number of thioether (sulfide) groups is 1. The van der Waals surface area contributed by atoms with Crippen LogP contribution in [0.2, 0.25) is 0 Å². The van der Waals surface area contributed by atoms with Crippen molar-refractivity contribution >= 4 is 11.8 Å². The van der Waals surface area contributed by atoms with Crippen molar-refractivity contribution in [2.24, 2.45) is 0 Å². The molecule has 1 aromatic rings. The summed E-state index contributed by atoms with van der Waals surface area (Å²) in [5.41, 5.74) is 2.73. The van der Waals surface area contributed by atoms with Crippen LogP contribution in [0.25, 0.3) is 0 Å². The van der Waals surface area contributed by atoms with E-state index < -0.39 is 0 Å². The molecule has 0 fully saturated rings. The van der Waals surface area contributed by atoms with E-state index in [1.807, 2.05) is 6.92 Å². The lowest BCUT2D eigenvalue weighted by molar-refractivity contribution is 0.196. The summed E-state index contributed by atoms with van der Waals surface area (Å²) in [5, 5.41) is 13.3. The predicted octanol–water partition coefficient (Wildman–Crippen LogP) is 3.74. The molecule has 2 unspecified atom stereocenters. The van der Waals surface area contributed by atoms with Gasteiger partial charge in [-0.1, -0.05) is 19.1 Å². The van der Waals surface area contributed by atoms with Gasteiger partial charge in [-0.2, -0.15) is 0 Å². The second-order valence-electron chi connectivity index (χ2n) is 6.27. The lowest BCUT2D eigenvalue weighted by Gasteiger charge is -2.21. The average Bonchev–Trinajstić information content (AvgIpc) is 2.28. The first kappa shape index (κ1) is 16.5. The molecular formula is C16H27NOS. The van der Waals surface area contributed by atoms with Crippen LogP contribution in [0.3, 0.4) is 0 Å². The minimum Gasteiger partial charge on any atom is -0.392 e. The minimum atomic E-state index is -0.286. The maximum absolute atomic E-state index is 9.57. The molecule has 0 aliphatic carbocycles. The molecule has 2 nitrogen and oxygen atoms in total. The van der Waals surface area contributed by atoms with Gasteiger partial charge in [0.05, 0.1) is 6.10 Å². The molecule has 0 aliphatic rings. The zero-order chi connectivity index (χ0) is 14.6. The monoisotopic (exact) mass is 281 g/mol. The quantitative estimate of drug-likeness (QED) is 0.806. The summed E-state index contributed by atoms with van der Waals surface area (Å²) >= 11 is 1.74. The number of aliphatic hydroxyl groups is 1. The van der Waals surface area contributed by atoms with Gasteiger partial charge in [0.1, 0.15) is 0 Å². The van der Waals surface area contributed by atoms with Crippen molar-refractivity contribution < 1.29 is 5.11 Å². The van der Waals surface area contributed by atoms with Crippen LogP contribution in [-0.4, -0.2) is 22.0 Å². The first-order valence-electron chi connectivity index (χ1n) is 6.88. The Morgan fingerprint density at radius 2 is 1.89 bits per heavy atom. The van der Waals surface area contributed by atoms with Crippen molar-refractivity contribution in [1.82, 2.24) is 5.32 Å². The lowest BCUT2D eigenvalue weighted by Crippen LogP contribution is -2.35. The lowest BCUT2D eigenvalue weighted by atomic mass is 10.1. The zero-order valence-electron chi connectivity index (χ0n) is 12.9. The van der Waals surface area contributed by atoms with E-state index in [0.717, 1.165) is 6.54 Å². The van der Waals surface area contributed by atoms with Crippen molar-refractivity contribution in [1.29, 1.82) is 0 Å². The highest BCUT2D eigenvalue weighted by atomic mass is 32.2. The molecule has 0 aromatic heterocycles. The van der Waals surface area contributed by atoms with Gasteiger partial charge < -0.3 is 10.4 Å². The fourth-order valence-electron chi connectivity index (χ4n) is 1.62. The van der Waals surface area contributed by atoms with Gasteiger partial charge in [-0.15, -0.1) is 11.8 Å². The van der Waals surface area contributed by atoms with Gasteiger partial charge in [0, 0.05) is 22.2 Å². The third-order valence-electron chi connectivity index (χ3n) is 3.05. The molecule has 2 atom stereocenters. The van der Waals surface area contributed by atoms with E-state index in [1.165, 1.54) is 16.0 Å². The maximum Gasteiger partial charge on any atom is 0.0631 e. The van der Waals surface area contributed by atoms with Crippen molar-refractivity contribution in [2.45, 2.75) is 69.9 Å². The van der Waals surface area contributed by atoms with Crippen LogP contribution in [0.15, 0.2) is 23.1 Å². The van der Waals surface area contributed by atoms with Gasteiger partial charge in [0.2, 0.25) is 0 Å². The second-order valence-corrected chi connectivity index (χ2v) is 7.69. The number of rotatable bonds is 5. The molecule has 19 heavy (non-hydrogen) atoms. The molecule has 0 amide bonds. The van der Waals surface area contributed by atoms with E-state index in [1.54, 1.807) is 11.8 Å². The Morgan fingerprint density at radius 3 is 2.37 bits per heavy atom. The summed E-state index contributed by atoms with van der Waals surface area (Å²) in [6, 6.07) is 6.57. The van der Waals surface area contributed by atoms with Gasteiger partial charge >= 0.3 is 0 Å². The van der Waals surface area contributed by atoms with Crippen molar-refractivity contribution in [3.05, 3.63) is 29.3 Å². The van der Waals surface area contributed by atoms with Gasteiger partial charge in [0.15, 0.2) is 0 Å². The van der Waals surface area contributed by atoms with Gasteiger partial charge in [-0.05, 0) is 51.8 Å². The van der Waals surface area contributed by atoms with Crippen LogP contribution in [0.1, 0.15) is 45.7 Å². The average molecular weight is 281 g/mol. The van der Waals surface area contributed by atoms with Crippen LogP contribution in [0.5, 0.6) is 0 Å². The molecule has 3 heteroatoms. The summed E-state index contributed by atoms with van der Waals surface area (Å²) in [6.45, 7) is 13.5. The molecule has 1 rings (SSSR count). The highest BCUT2D eigenvalue weighted by Gasteiger charge is 2.13. The largest absolute Gasteiger partial charge is 0.392 e. The number of benzene rings is 1. The molecule has 1 aromatic carbocycles.